The second kappa shape index (κ2) is 3.69. The molecule has 2 aromatic heterocycles. The molecule has 80 valence electrons. The SMILES string of the molecule is CC(C)(C)n1nc(I)c2cc(Br)cnc21. The highest BCUT2D eigenvalue weighted by Crippen LogP contribution is 2.26. The lowest BCUT2D eigenvalue weighted by Crippen LogP contribution is -2.23. The second-order valence-electron chi connectivity index (χ2n) is 4.40. The summed E-state index contributed by atoms with van der Waals surface area (Å²) < 4.78 is 3.95. The fraction of sp³-hybridized carbons (Fsp3) is 0.400. The lowest BCUT2D eigenvalue weighted by molar-refractivity contribution is 0.364. The molecule has 3 nitrogen and oxygen atoms in total. The third-order valence-corrected chi connectivity index (χ3v) is 3.31. The summed E-state index contributed by atoms with van der Waals surface area (Å²) in [6, 6.07) is 2.05. The van der Waals surface area contributed by atoms with E-state index in [-0.39, 0.29) is 5.54 Å². The van der Waals surface area contributed by atoms with Crippen LogP contribution in [0.1, 0.15) is 20.8 Å². The predicted octanol–water partition coefficient (Wildman–Crippen LogP) is 3.55. The van der Waals surface area contributed by atoms with Gasteiger partial charge in [-0.3, -0.25) is 0 Å². The number of halogens is 2. The summed E-state index contributed by atoms with van der Waals surface area (Å²) in [6.45, 7) is 6.37. The maximum Gasteiger partial charge on any atom is 0.159 e. The van der Waals surface area contributed by atoms with E-state index in [2.05, 4.69) is 75.4 Å². The number of hydrogen-bond acceptors (Lipinski definition) is 2. The van der Waals surface area contributed by atoms with Crippen LogP contribution in [0.25, 0.3) is 11.0 Å². The van der Waals surface area contributed by atoms with Crippen molar-refractivity contribution in [2.24, 2.45) is 0 Å². The Labute approximate surface area is 111 Å². The van der Waals surface area contributed by atoms with Crippen molar-refractivity contribution in [3.63, 3.8) is 0 Å². The van der Waals surface area contributed by atoms with Gasteiger partial charge in [0.2, 0.25) is 0 Å². The van der Waals surface area contributed by atoms with Gasteiger partial charge in [-0.1, -0.05) is 0 Å². The fourth-order valence-corrected chi connectivity index (χ4v) is 2.35. The summed E-state index contributed by atoms with van der Waals surface area (Å²) in [5.41, 5.74) is 0.901. The van der Waals surface area contributed by atoms with Gasteiger partial charge in [-0.15, -0.1) is 0 Å². The molecule has 2 aromatic rings. The van der Waals surface area contributed by atoms with Crippen LogP contribution >= 0.6 is 38.5 Å². The minimum Gasteiger partial charge on any atom is -0.241 e. The molecule has 0 aliphatic rings. The molecule has 0 bridgehead atoms. The summed E-state index contributed by atoms with van der Waals surface area (Å²) in [4.78, 5) is 4.42. The highest BCUT2D eigenvalue weighted by atomic mass is 127. The summed E-state index contributed by atoms with van der Waals surface area (Å²) in [5, 5.41) is 5.62. The van der Waals surface area contributed by atoms with Crippen LogP contribution in [0, 0.1) is 3.70 Å². The average molecular weight is 380 g/mol. The maximum absolute atomic E-state index is 4.52. The molecule has 0 saturated heterocycles. The normalized spacial score (nSPS) is 12.3. The standard InChI is InChI=1S/C10H11BrIN3/c1-10(2,3)15-9-7(8(12)14-15)4-6(11)5-13-9/h4-5H,1-3H3. The Morgan fingerprint density at radius 1 is 1.40 bits per heavy atom. The first kappa shape index (κ1) is 11.3. The van der Waals surface area contributed by atoms with Crippen molar-refractivity contribution in [1.82, 2.24) is 14.8 Å². The molecule has 2 heterocycles. The van der Waals surface area contributed by atoms with Gasteiger partial charge >= 0.3 is 0 Å². The molecule has 0 atom stereocenters. The van der Waals surface area contributed by atoms with E-state index in [1.54, 1.807) is 0 Å². The molecule has 0 saturated carbocycles. The number of hydrogen-bond donors (Lipinski definition) is 0. The Hall–Kier alpha value is -0.170. The molecule has 0 aliphatic carbocycles. The van der Waals surface area contributed by atoms with Crippen molar-refractivity contribution < 1.29 is 0 Å². The van der Waals surface area contributed by atoms with Crippen molar-refractivity contribution in [2.45, 2.75) is 26.3 Å². The third kappa shape index (κ3) is 2.04. The van der Waals surface area contributed by atoms with Crippen molar-refractivity contribution in [1.29, 1.82) is 0 Å². The van der Waals surface area contributed by atoms with Crippen LogP contribution in [0.3, 0.4) is 0 Å². The van der Waals surface area contributed by atoms with Crippen molar-refractivity contribution in [3.05, 3.63) is 20.4 Å². The number of aromatic nitrogens is 3. The van der Waals surface area contributed by atoms with Crippen LogP contribution in [0.15, 0.2) is 16.7 Å². The Balaban J connectivity index is 2.79. The molecule has 0 radical (unpaired) electrons. The van der Waals surface area contributed by atoms with E-state index in [0.717, 1.165) is 19.2 Å². The largest absolute Gasteiger partial charge is 0.241 e. The Bertz CT molecular complexity index is 513. The Morgan fingerprint density at radius 2 is 2.07 bits per heavy atom. The van der Waals surface area contributed by atoms with Gasteiger partial charge in [0.05, 0.1) is 10.9 Å². The van der Waals surface area contributed by atoms with Gasteiger partial charge < -0.3 is 0 Å². The molecule has 5 heteroatoms. The van der Waals surface area contributed by atoms with E-state index >= 15 is 0 Å². The predicted molar refractivity (Wildman–Crippen MR) is 72.9 cm³/mol. The first-order valence-electron chi connectivity index (χ1n) is 4.60. The minimum atomic E-state index is -0.0392. The van der Waals surface area contributed by atoms with E-state index in [1.807, 2.05) is 10.9 Å². The topological polar surface area (TPSA) is 30.7 Å². The van der Waals surface area contributed by atoms with Crippen LogP contribution in [-0.4, -0.2) is 14.8 Å². The summed E-state index contributed by atoms with van der Waals surface area (Å²) in [6.07, 6.45) is 1.81. The van der Waals surface area contributed by atoms with E-state index in [0.29, 0.717) is 0 Å². The van der Waals surface area contributed by atoms with Crippen molar-refractivity contribution in [2.75, 3.05) is 0 Å². The van der Waals surface area contributed by atoms with Crippen LogP contribution in [-0.2, 0) is 5.54 Å². The average Bonchev–Trinajstić information content (AvgIpc) is 2.43. The zero-order valence-electron chi connectivity index (χ0n) is 8.75. The van der Waals surface area contributed by atoms with Gasteiger partial charge in [-0.25, -0.2) is 9.67 Å². The lowest BCUT2D eigenvalue weighted by atomic mass is 10.1. The van der Waals surface area contributed by atoms with Crippen LogP contribution in [0.2, 0.25) is 0 Å². The maximum atomic E-state index is 4.52. The molecular formula is C10H11BrIN3. The zero-order chi connectivity index (χ0) is 11.2. The summed E-state index contributed by atoms with van der Waals surface area (Å²) in [5.74, 6) is 0. The van der Waals surface area contributed by atoms with Crippen molar-refractivity contribution in [3.8, 4) is 0 Å². The molecule has 0 aromatic carbocycles. The van der Waals surface area contributed by atoms with Gasteiger partial charge in [0.1, 0.15) is 3.70 Å². The van der Waals surface area contributed by atoms with E-state index in [4.69, 9.17) is 0 Å². The van der Waals surface area contributed by atoms with Crippen LogP contribution in [0.4, 0.5) is 0 Å². The zero-order valence-corrected chi connectivity index (χ0v) is 12.5. The van der Waals surface area contributed by atoms with E-state index in [1.165, 1.54) is 0 Å². The minimum absolute atomic E-state index is 0.0392. The monoisotopic (exact) mass is 379 g/mol. The molecule has 0 fully saturated rings. The molecule has 15 heavy (non-hydrogen) atoms. The number of fused-ring (bicyclic) bond motifs is 1. The first-order chi connectivity index (χ1) is 6.89. The summed E-state index contributed by atoms with van der Waals surface area (Å²) in [7, 11) is 0. The number of pyridine rings is 1. The van der Waals surface area contributed by atoms with Crippen LogP contribution < -0.4 is 0 Å². The van der Waals surface area contributed by atoms with Gasteiger partial charge in [0, 0.05) is 10.7 Å². The fourth-order valence-electron chi connectivity index (χ4n) is 1.41. The molecule has 0 aliphatic heterocycles. The van der Waals surface area contributed by atoms with Crippen LogP contribution in [0.5, 0.6) is 0 Å². The molecule has 2 rings (SSSR count). The third-order valence-electron chi connectivity index (χ3n) is 2.08. The van der Waals surface area contributed by atoms with Gasteiger partial charge in [0.25, 0.3) is 0 Å². The molecule has 0 unspecified atom stereocenters. The molecular weight excluding hydrogens is 369 g/mol. The molecule has 0 N–H and O–H groups in total. The van der Waals surface area contributed by atoms with Gasteiger partial charge in [-0.2, -0.15) is 5.10 Å². The lowest BCUT2D eigenvalue weighted by Gasteiger charge is -2.19. The van der Waals surface area contributed by atoms with E-state index < -0.39 is 0 Å². The Morgan fingerprint density at radius 3 is 2.67 bits per heavy atom. The highest BCUT2D eigenvalue weighted by Gasteiger charge is 2.20. The summed E-state index contributed by atoms with van der Waals surface area (Å²) >= 11 is 5.67. The number of nitrogens with zero attached hydrogens (tertiary/aromatic N) is 3. The number of rotatable bonds is 0. The highest BCUT2D eigenvalue weighted by molar-refractivity contribution is 14.1. The Kier molecular flexibility index (Phi) is 2.79. The quantitative estimate of drug-likeness (QED) is 0.655. The van der Waals surface area contributed by atoms with E-state index in [9.17, 15) is 0 Å². The van der Waals surface area contributed by atoms with Crippen molar-refractivity contribution >= 4 is 49.6 Å². The molecule has 0 spiro atoms. The smallest absolute Gasteiger partial charge is 0.159 e. The molecule has 0 amide bonds. The first-order valence-corrected chi connectivity index (χ1v) is 6.47. The van der Waals surface area contributed by atoms with Gasteiger partial charge in [-0.05, 0) is 65.4 Å². The second-order valence-corrected chi connectivity index (χ2v) is 6.34. The van der Waals surface area contributed by atoms with Gasteiger partial charge in [0.15, 0.2) is 5.65 Å².